The molecule has 7 heteroatoms. The molecule has 4 nitrogen and oxygen atoms in total. The molecule has 1 aliphatic rings. The van der Waals surface area contributed by atoms with Gasteiger partial charge in [-0.2, -0.15) is 13.2 Å². The maximum Gasteiger partial charge on any atom is 0.460 e. The van der Waals surface area contributed by atoms with Crippen molar-refractivity contribution in [1.29, 1.82) is 0 Å². The summed E-state index contributed by atoms with van der Waals surface area (Å²) < 4.78 is 42.7. The van der Waals surface area contributed by atoms with Gasteiger partial charge in [0.1, 0.15) is 5.60 Å². The molecule has 1 heterocycles. The molecule has 0 saturated carbocycles. The first-order valence-corrected chi connectivity index (χ1v) is 5.90. The molecule has 0 aliphatic carbocycles. The first-order valence-electron chi connectivity index (χ1n) is 5.90. The number of amides is 1. The highest BCUT2D eigenvalue weighted by Crippen LogP contribution is 2.30. The summed E-state index contributed by atoms with van der Waals surface area (Å²) in [7, 11) is 0. The molecule has 0 spiro atoms. The summed E-state index contributed by atoms with van der Waals surface area (Å²) >= 11 is 0. The summed E-state index contributed by atoms with van der Waals surface area (Å²) in [4.78, 5) is 11.8. The monoisotopic (exact) mass is 268 g/mol. The molecule has 106 valence electrons. The molecular weight excluding hydrogens is 249 g/mol. The summed E-state index contributed by atoms with van der Waals surface area (Å²) in [6.07, 6.45) is -4.11. The van der Waals surface area contributed by atoms with Gasteiger partial charge in [-0.3, -0.25) is 0 Å². The zero-order valence-electron chi connectivity index (χ0n) is 10.8. The number of ether oxygens (including phenoxy) is 1. The van der Waals surface area contributed by atoms with Crippen LogP contribution in [0, 0.1) is 0 Å². The number of hydrogen-bond donors (Lipinski definition) is 1. The lowest BCUT2D eigenvalue weighted by Gasteiger charge is -2.27. The van der Waals surface area contributed by atoms with E-state index < -0.39 is 24.0 Å². The number of carbonyl (C=O) groups excluding carboxylic acids is 1. The van der Waals surface area contributed by atoms with Crippen LogP contribution in [0.3, 0.4) is 0 Å². The minimum absolute atomic E-state index is 0.00976. The van der Waals surface area contributed by atoms with E-state index >= 15 is 0 Å². The molecule has 0 radical (unpaired) electrons. The third-order valence-corrected chi connectivity index (χ3v) is 2.58. The number of likely N-dealkylation sites (tertiary alicyclic amines) is 1. The van der Waals surface area contributed by atoms with Crippen LogP contribution in [0.2, 0.25) is 0 Å². The van der Waals surface area contributed by atoms with Gasteiger partial charge >= 0.3 is 12.4 Å². The lowest BCUT2D eigenvalue weighted by atomic mass is 10.2. The van der Waals surface area contributed by atoms with Crippen molar-refractivity contribution in [1.82, 2.24) is 10.2 Å². The van der Waals surface area contributed by atoms with E-state index in [0.717, 1.165) is 0 Å². The molecule has 0 unspecified atom stereocenters. The SMILES string of the molecule is CC(C)(C)OC(=O)NC[C@@H]1CCCN1C(F)(F)F. The molecule has 1 atom stereocenters. The molecule has 0 aromatic rings. The van der Waals surface area contributed by atoms with Crippen LogP contribution in [0.1, 0.15) is 33.6 Å². The van der Waals surface area contributed by atoms with Crippen molar-refractivity contribution in [2.45, 2.75) is 51.6 Å². The van der Waals surface area contributed by atoms with Crippen LogP contribution in [-0.2, 0) is 4.74 Å². The Bertz CT molecular complexity index is 300. The second-order valence-corrected chi connectivity index (χ2v) is 5.34. The molecule has 1 saturated heterocycles. The van der Waals surface area contributed by atoms with Gasteiger partial charge in [-0.25, -0.2) is 9.69 Å². The summed E-state index contributed by atoms with van der Waals surface area (Å²) in [6, 6.07) is -0.697. The Morgan fingerprint density at radius 3 is 2.50 bits per heavy atom. The van der Waals surface area contributed by atoms with Crippen molar-refractivity contribution in [2.24, 2.45) is 0 Å². The van der Waals surface area contributed by atoms with E-state index in [0.29, 0.717) is 17.7 Å². The number of carbonyl (C=O) groups is 1. The van der Waals surface area contributed by atoms with Gasteiger partial charge in [0.25, 0.3) is 0 Å². The van der Waals surface area contributed by atoms with Crippen molar-refractivity contribution in [3.05, 3.63) is 0 Å². The molecular formula is C11H19F3N2O2. The van der Waals surface area contributed by atoms with Gasteiger partial charge in [0.2, 0.25) is 0 Å². The number of nitrogens with zero attached hydrogens (tertiary/aromatic N) is 1. The number of halogens is 3. The standard InChI is InChI=1S/C11H19F3N2O2/c1-10(2,3)18-9(17)15-7-8-5-4-6-16(8)11(12,13)14/h8H,4-7H2,1-3H3,(H,15,17)/t8-/m0/s1. The zero-order valence-corrected chi connectivity index (χ0v) is 10.8. The van der Waals surface area contributed by atoms with E-state index in [-0.39, 0.29) is 13.1 Å². The van der Waals surface area contributed by atoms with Gasteiger partial charge < -0.3 is 10.1 Å². The minimum atomic E-state index is -4.34. The smallest absolute Gasteiger partial charge is 0.444 e. The van der Waals surface area contributed by atoms with Crippen molar-refractivity contribution in [3.63, 3.8) is 0 Å². The molecule has 1 amide bonds. The van der Waals surface area contributed by atoms with Gasteiger partial charge in [0.05, 0.1) is 0 Å². The molecule has 0 aromatic heterocycles. The first-order chi connectivity index (χ1) is 8.09. The number of rotatable bonds is 2. The predicted molar refractivity (Wildman–Crippen MR) is 60.0 cm³/mol. The summed E-state index contributed by atoms with van der Waals surface area (Å²) in [5.41, 5.74) is -0.649. The van der Waals surface area contributed by atoms with E-state index in [1.54, 1.807) is 20.8 Å². The van der Waals surface area contributed by atoms with E-state index in [1.165, 1.54) is 0 Å². The maximum atomic E-state index is 12.6. The third-order valence-electron chi connectivity index (χ3n) is 2.58. The second-order valence-electron chi connectivity index (χ2n) is 5.34. The largest absolute Gasteiger partial charge is 0.460 e. The molecule has 1 N–H and O–H groups in total. The van der Waals surface area contributed by atoms with Crippen LogP contribution >= 0.6 is 0 Å². The van der Waals surface area contributed by atoms with Gasteiger partial charge in [0, 0.05) is 19.1 Å². The summed E-state index contributed by atoms with van der Waals surface area (Å²) in [6.45, 7) is 5.04. The second kappa shape index (κ2) is 5.34. The maximum absolute atomic E-state index is 12.6. The average Bonchev–Trinajstić information content (AvgIpc) is 2.58. The number of hydrogen-bond acceptors (Lipinski definition) is 3. The normalized spacial score (nSPS) is 22.0. The van der Waals surface area contributed by atoms with Gasteiger partial charge in [-0.15, -0.1) is 0 Å². The Kier molecular flexibility index (Phi) is 4.47. The minimum Gasteiger partial charge on any atom is -0.444 e. The predicted octanol–water partition coefficient (Wildman–Crippen LogP) is 2.50. The quantitative estimate of drug-likeness (QED) is 0.782. The summed E-state index contributed by atoms with van der Waals surface area (Å²) in [5.74, 6) is 0. The first kappa shape index (κ1) is 15.1. The highest BCUT2D eigenvalue weighted by Gasteiger charge is 2.44. The number of alkyl carbamates (subject to hydrolysis) is 1. The Morgan fingerprint density at radius 1 is 1.39 bits per heavy atom. The average molecular weight is 268 g/mol. The van der Waals surface area contributed by atoms with Gasteiger partial charge in [-0.1, -0.05) is 0 Å². The van der Waals surface area contributed by atoms with Crippen LogP contribution in [0.5, 0.6) is 0 Å². The van der Waals surface area contributed by atoms with Crippen molar-refractivity contribution in [3.8, 4) is 0 Å². The molecule has 0 aromatic carbocycles. The Balaban J connectivity index is 2.41. The van der Waals surface area contributed by atoms with Gasteiger partial charge in [-0.05, 0) is 33.6 Å². The lowest BCUT2D eigenvalue weighted by molar-refractivity contribution is -0.249. The highest BCUT2D eigenvalue weighted by molar-refractivity contribution is 5.67. The highest BCUT2D eigenvalue weighted by atomic mass is 19.4. The number of alkyl halides is 3. The topological polar surface area (TPSA) is 41.6 Å². The lowest BCUT2D eigenvalue weighted by Crippen LogP contribution is -2.47. The van der Waals surface area contributed by atoms with Crippen molar-refractivity contribution in [2.75, 3.05) is 13.1 Å². The Morgan fingerprint density at radius 2 is 2.00 bits per heavy atom. The van der Waals surface area contributed by atoms with E-state index in [2.05, 4.69) is 5.32 Å². The third kappa shape index (κ3) is 4.72. The number of nitrogens with one attached hydrogen (secondary N) is 1. The summed E-state index contributed by atoms with van der Waals surface area (Å²) in [5, 5.41) is 2.38. The van der Waals surface area contributed by atoms with Crippen LogP contribution < -0.4 is 5.32 Å². The Hall–Kier alpha value is -0.980. The Labute approximate surface area is 104 Å². The molecule has 1 aliphatic heterocycles. The van der Waals surface area contributed by atoms with Crippen molar-refractivity contribution < 1.29 is 22.7 Å². The van der Waals surface area contributed by atoms with Crippen LogP contribution in [0.15, 0.2) is 0 Å². The van der Waals surface area contributed by atoms with Gasteiger partial charge in [0.15, 0.2) is 0 Å². The fourth-order valence-corrected chi connectivity index (χ4v) is 1.90. The van der Waals surface area contributed by atoms with Crippen molar-refractivity contribution >= 4 is 6.09 Å². The van der Waals surface area contributed by atoms with E-state index in [9.17, 15) is 18.0 Å². The molecule has 18 heavy (non-hydrogen) atoms. The molecule has 0 bridgehead atoms. The molecule has 1 fully saturated rings. The van der Waals surface area contributed by atoms with Crippen LogP contribution in [0.25, 0.3) is 0 Å². The van der Waals surface area contributed by atoms with Crippen LogP contribution in [0.4, 0.5) is 18.0 Å². The molecule has 1 rings (SSSR count). The van der Waals surface area contributed by atoms with E-state index in [4.69, 9.17) is 4.74 Å². The van der Waals surface area contributed by atoms with Crippen LogP contribution in [-0.4, -0.2) is 42.0 Å². The fourth-order valence-electron chi connectivity index (χ4n) is 1.90. The fraction of sp³-hybridized carbons (Fsp3) is 0.909. The zero-order chi connectivity index (χ0) is 14.0. The van der Waals surface area contributed by atoms with E-state index in [1.807, 2.05) is 0 Å².